The van der Waals surface area contributed by atoms with E-state index in [0.717, 1.165) is 0 Å². The number of methoxy groups -OCH3 is 2. The van der Waals surface area contributed by atoms with Gasteiger partial charge in [0.25, 0.3) is 0 Å². The van der Waals surface area contributed by atoms with Gasteiger partial charge in [-0.2, -0.15) is 4.98 Å². The van der Waals surface area contributed by atoms with Crippen molar-refractivity contribution in [2.75, 3.05) is 26.6 Å². The van der Waals surface area contributed by atoms with Gasteiger partial charge >= 0.3 is 5.69 Å². The van der Waals surface area contributed by atoms with Crippen LogP contribution in [0.3, 0.4) is 0 Å². The maximum atomic E-state index is 14.8. The number of para-hydroxylation sites is 1. The van der Waals surface area contributed by atoms with E-state index in [1.165, 1.54) is 18.8 Å². The molecule has 7 nitrogen and oxygen atoms in total. The first kappa shape index (κ1) is 21.0. The summed E-state index contributed by atoms with van der Waals surface area (Å²) in [5.74, 6) is 0.104. The van der Waals surface area contributed by atoms with Crippen molar-refractivity contribution in [1.29, 1.82) is 0 Å². The Hall–Kier alpha value is -2.03. The van der Waals surface area contributed by atoms with Crippen LogP contribution in [0.25, 0.3) is 10.9 Å². The average Bonchev–Trinajstić information content (AvgIpc) is 2.84. The highest BCUT2D eigenvalue weighted by Gasteiger charge is 2.47. The van der Waals surface area contributed by atoms with Gasteiger partial charge in [-0.05, 0) is 12.1 Å². The van der Waals surface area contributed by atoms with E-state index in [4.69, 9.17) is 19.9 Å². The molecule has 25 heavy (non-hydrogen) atoms. The van der Waals surface area contributed by atoms with Crippen molar-refractivity contribution >= 4 is 16.7 Å². The van der Waals surface area contributed by atoms with Gasteiger partial charge in [-0.1, -0.05) is 27.0 Å². The van der Waals surface area contributed by atoms with Gasteiger partial charge in [0.15, 0.2) is 12.4 Å². The lowest BCUT2D eigenvalue weighted by atomic mass is 10.1. The number of nitrogens with two attached hydrogens (primary N) is 1. The third-order valence-corrected chi connectivity index (χ3v) is 3.99. The highest BCUT2D eigenvalue weighted by molar-refractivity contribution is 5.88. The molecule has 1 aliphatic heterocycles. The second-order valence-corrected chi connectivity index (χ2v) is 5.33. The van der Waals surface area contributed by atoms with Crippen LogP contribution in [0.4, 0.5) is 10.2 Å². The van der Waals surface area contributed by atoms with E-state index in [-0.39, 0.29) is 27.3 Å². The third kappa shape index (κ3) is 3.51. The minimum atomic E-state index is -1.54. The molecule has 3 rings (SSSR count). The van der Waals surface area contributed by atoms with Crippen LogP contribution in [-0.4, -0.2) is 48.8 Å². The normalized spacial score (nSPS) is 25.4. The van der Waals surface area contributed by atoms with E-state index in [1.807, 2.05) is 0 Å². The number of halogens is 1. The fourth-order valence-electron chi connectivity index (χ4n) is 2.95. The summed E-state index contributed by atoms with van der Waals surface area (Å²) in [7, 11) is 2.89. The fourth-order valence-corrected chi connectivity index (χ4v) is 2.95. The van der Waals surface area contributed by atoms with E-state index in [2.05, 4.69) is 4.98 Å². The summed E-state index contributed by atoms with van der Waals surface area (Å²) in [4.78, 5) is 16.1. The van der Waals surface area contributed by atoms with Crippen LogP contribution in [0, 0.1) is 0 Å². The van der Waals surface area contributed by atoms with Crippen LogP contribution in [-0.2, 0) is 14.2 Å². The molecule has 2 aromatic rings. The number of rotatable bonds is 4. The summed E-state index contributed by atoms with van der Waals surface area (Å²) in [6.45, 7) is 0.157. The molecular formula is C17H26FN3O4. The number of anilines is 1. The monoisotopic (exact) mass is 355 g/mol. The maximum absolute atomic E-state index is 14.8. The second kappa shape index (κ2) is 8.37. The predicted molar refractivity (Wildman–Crippen MR) is 95.4 cm³/mol. The van der Waals surface area contributed by atoms with Crippen molar-refractivity contribution in [2.45, 2.75) is 39.5 Å². The molecule has 0 radical (unpaired) electrons. The number of hydrogen-bond donors (Lipinski definition) is 1. The molecule has 0 bridgehead atoms. The van der Waals surface area contributed by atoms with Gasteiger partial charge in [0, 0.05) is 19.6 Å². The van der Waals surface area contributed by atoms with Crippen molar-refractivity contribution in [3.05, 3.63) is 34.7 Å². The smallest absolute Gasteiger partial charge is 0.352 e. The standard InChI is InChI=1S/C15H18FN3O4.2CH4/c1-21-7-10-12(22-2)11(16)14(23-10)19-9-6-4-3-5-8(9)13(17)18-15(19)20;;/h3-6,10-12,14H,7H2,1-2H3,(H2,17,18,20);2*1H4/t10-,11-,12-,14-;;/m1../s1. The van der Waals surface area contributed by atoms with E-state index >= 15 is 0 Å². The van der Waals surface area contributed by atoms with Crippen LogP contribution >= 0.6 is 0 Å². The number of hydrogen-bond acceptors (Lipinski definition) is 6. The lowest BCUT2D eigenvalue weighted by Gasteiger charge is -2.19. The molecule has 2 heterocycles. The van der Waals surface area contributed by atoms with E-state index in [0.29, 0.717) is 10.9 Å². The molecule has 1 fully saturated rings. The number of nitrogens with zero attached hydrogens (tertiary/aromatic N) is 2. The highest BCUT2D eigenvalue weighted by atomic mass is 19.1. The fraction of sp³-hybridized carbons (Fsp3) is 0.529. The van der Waals surface area contributed by atoms with Gasteiger partial charge in [0.05, 0.1) is 12.1 Å². The SMILES string of the molecule is C.C.COC[C@H]1O[C@@H](n2c(=O)nc(N)c3ccccc32)[C@H](F)[C@@H]1OC. The predicted octanol–water partition coefficient (Wildman–Crippen LogP) is 2.15. The topological polar surface area (TPSA) is 88.6 Å². The number of benzene rings is 1. The minimum absolute atomic E-state index is 0. The first-order chi connectivity index (χ1) is 11.1. The van der Waals surface area contributed by atoms with Crippen molar-refractivity contribution in [1.82, 2.24) is 9.55 Å². The van der Waals surface area contributed by atoms with Crippen LogP contribution in [0.2, 0.25) is 0 Å². The largest absolute Gasteiger partial charge is 0.383 e. The Balaban J connectivity index is 0.00000156. The Morgan fingerprint density at radius 3 is 2.64 bits per heavy atom. The minimum Gasteiger partial charge on any atom is -0.383 e. The first-order valence-electron chi connectivity index (χ1n) is 7.16. The molecule has 1 aromatic carbocycles. The molecule has 8 heteroatoms. The van der Waals surface area contributed by atoms with E-state index < -0.39 is 30.3 Å². The molecule has 1 aliphatic rings. The molecule has 1 aromatic heterocycles. The number of alkyl halides is 1. The molecule has 0 amide bonds. The zero-order valence-corrected chi connectivity index (χ0v) is 12.8. The Morgan fingerprint density at radius 2 is 2.00 bits per heavy atom. The molecule has 0 aliphatic carbocycles. The summed E-state index contributed by atoms with van der Waals surface area (Å²) in [6, 6.07) is 6.90. The third-order valence-electron chi connectivity index (χ3n) is 3.99. The zero-order valence-electron chi connectivity index (χ0n) is 12.8. The first-order valence-corrected chi connectivity index (χ1v) is 7.16. The molecule has 0 unspecified atom stereocenters. The van der Waals surface area contributed by atoms with Gasteiger partial charge in [-0.25, -0.2) is 9.18 Å². The van der Waals surface area contributed by atoms with E-state index in [1.54, 1.807) is 24.3 Å². The van der Waals surface area contributed by atoms with Crippen LogP contribution in [0.1, 0.15) is 21.1 Å². The number of ether oxygens (including phenoxy) is 3. The lowest BCUT2D eigenvalue weighted by molar-refractivity contribution is -0.0611. The molecular weight excluding hydrogens is 329 g/mol. The Bertz CT molecular complexity index is 767. The second-order valence-electron chi connectivity index (χ2n) is 5.33. The quantitative estimate of drug-likeness (QED) is 0.904. The summed E-state index contributed by atoms with van der Waals surface area (Å²) < 4.78 is 31.9. The molecule has 0 spiro atoms. The van der Waals surface area contributed by atoms with Crippen LogP contribution in [0.15, 0.2) is 29.1 Å². The molecule has 1 saturated heterocycles. The Kier molecular flexibility index (Phi) is 7.04. The average molecular weight is 355 g/mol. The maximum Gasteiger partial charge on any atom is 0.352 e. The van der Waals surface area contributed by atoms with Crippen molar-refractivity contribution in [3.8, 4) is 0 Å². The number of aromatic nitrogens is 2. The number of nitrogen functional groups attached to an aromatic ring is 1. The molecule has 2 N–H and O–H groups in total. The van der Waals surface area contributed by atoms with Crippen molar-refractivity contribution in [3.63, 3.8) is 0 Å². The lowest BCUT2D eigenvalue weighted by Crippen LogP contribution is -2.35. The van der Waals surface area contributed by atoms with Crippen LogP contribution in [0.5, 0.6) is 0 Å². The van der Waals surface area contributed by atoms with Gasteiger partial charge in [-0.3, -0.25) is 4.57 Å². The summed E-state index contributed by atoms with van der Waals surface area (Å²) in [5, 5.41) is 0.562. The summed E-state index contributed by atoms with van der Waals surface area (Å²) in [6.07, 6.45) is -4.13. The molecule has 0 saturated carbocycles. The van der Waals surface area contributed by atoms with Gasteiger partial charge in [-0.15, -0.1) is 0 Å². The van der Waals surface area contributed by atoms with Gasteiger partial charge < -0.3 is 19.9 Å². The number of fused-ring (bicyclic) bond motifs is 1. The summed E-state index contributed by atoms with van der Waals surface area (Å²) >= 11 is 0. The molecule has 4 atom stereocenters. The van der Waals surface area contributed by atoms with Crippen molar-refractivity contribution in [2.24, 2.45) is 0 Å². The Labute approximate surface area is 146 Å². The summed E-state index contributed by atoms with van der Waals surface area (Å²) in [5.41, 5.74) is 5.58. The molecule has 140 valence electrons. The zero-order chi connectivity index (χ0) is 16.6. The van der Waals surface area contributed by atoms with Gasteiger partial charge in [0.1, 0.15) is 18.0 Å². The van der Waals surface area contributed by atoms with Gasteiger partial charge in [0.2, 0.25) is 0 Å². The Morgan fingerprint density at radius 1 is 1.32 bits per heavy atom. The van der Waals surface area contributed by atoms with Crippen LogP contribution < -0.4 is 11.4 Å². The van der Waals surface area contributed by atoms with Crippen molar-refractivity contribution < 1.29 is 18.6 Å². The van der Waals surface area contributed by atoms with E-state index in [9.17, 15) is 9.18 Å². The highest BCUT2D eigenvalue weighted by Crippen LogP contribution is 2.34.